The molecule has 1 fully saturated rings. The average molecular weight is 384 g/mol. The van der Waals surface area contributed by atoms with Crippen molar-refractivity contribution in [2.24, 2.45) is 5.92 Å². The van der Waals surface area contributed by atoms with Crippen molar-refractivity contribution < 1.29 is 9.59 Å². The van der Waals surface area contributed by atoms with Gasteiger partial charge in [0, 0.05) is 13.1 Å². The molecule has 2 rings (SSSR count). The quantitative estimate of drug-likeness (QED) is 0.722. The molecule has 25 heavy (non-hydrogen) atoms. The van der Waals surface area contributed by atoms with E-state index in [9.17, 15) is 9.59 Å². The highest BCUT2D eigenvalue weighted by molar-refractivity contribution is 7.98. The molecule has 2 amide bonds. The van der Waals surface area contributed by atoms with E-state index in [1.807, 2.05) is 18.2 Å². The van der Waals surface area contributed by atoms with E-state index in [1.165, 1.54) is 0 Å². The van der Waals surface area contributed by atoms with Crippen LogP contribution >= 0.6 is 23.4 Å². The van der Waals surface area contributed by atoms with E-state index in [0.717, 1.165) is 31.8 Å². The second-order valence-corrected chi connectivity index (χ2v) is 7.68. The molecule has 138 valence electrons. The molecule has 0 spiro atoms. The van der Waals surface area contributed by atoms with Crippen LogP contribution in [0.4, 0.5) is 0 Å². The van der Waals surface area contributed by atoms with Gasteiger partial charge < -0.3 is 15.5 Å². The van der Waals surface area contributed by atoms with E-state index in [0.29, 0.717) is 22.9 Å². The summed E-state index contributed by atoms with van der Waals surface area (Å²) in [6.07, 6.45) is 3.61. The summed E-state index contributed by atoms with van der Waals surface area (Å²) in [5.74, 6) is 1.01. The summed E-state index contributed by atoms with van der Waals surface area (Å²) in [6.45, 7) is 2.41. The number of nitrogens with one attached hydrogen (secondary N) is 2. The van der Waals surface area contributed by atoms with Crippen molar-refractivity contribution in [1.29, 1.82) is 0 Å². The van der Waals surface area contributed by atoms with Gasteiger partial charge in [0.25, 0.3) is 5.91 Å². The molecule has 1 heterocycles. The summed E-state index contributed by atoms with van der Waals surface area (Å²) in [5.41, 5.74) is 0.403. The first-order valence-corrected chi connectivity index (χ1v) is 10.3. The third-order valence-electron chi connectivity index (χ3n) is 4.42. The second kappa shape index (κ2) is 10.0. The van der Waals surface area contributed by atoms with Crippen LogP contribution in [-0.2, 0) is 4.79 Å². The fraction of sp³-hybridized carbons (Fsp3) is 0.556. The Labute approximate surface area is 158 Å². The number of nitrogens with zero attached hydrogens (tertiary/aromatic N) is 1. The first-order valence-electron chi connectivity index (χ1n) is 8.54. The van der Waals surface area contributed by atoms with Crippen LogP contribution in [0.25, 0.3) is 0 Å². The van der Waals surface area contributed by atoms with Crippen molar-refractivity contribution in [2.75, 3.05) is 38.7 Å². The maximum absolute atomic E-state index is 12.9. The molecule has 0 aromatic heterocycles. The van der Waals surface area contributed by atoms with Crippen LogP contribution in [0.1, 0.15) is 23.2 Å². The van der Waals surface area contributed by atoms with Crippen molar-refractivity contribution in [3.8, 4) is 0 Å². The first kappa shape index (κ1) is 20.1. The number of thioether (sulfide) groups is 1. The molecule has 7 heteroatoms. The molecule has 5 nitrogen and oxygen atoms in total. The zero-order chi connectivity index (χ0) is 18.2. The molecule has 2 unspecified atom stereocenters. The Morgan fingerprint density at radius 3 is 2.84 bits per heavy atom. The minimum Gasteiger partial charge on any atom is -0.341 e. The Kier molecular flexibility index (Phi) is 8.06. The lowest BCUT2D eigenvalue weighted by Crippen LogP contribution is -2.48. The fourth-order valence-corrected chi connectivity index (χ4v) is 3.78. The molecule has 1 aromatic rings. The maximum Gasteiger partial charge on any atom is 0.253 e. The minimum absolute atomic E-state index is 0.00746. The number of hydrogen-bond donors (Lipinski definition) is 2. The van der Waals surface area contributed by atoms with E-state index >= 15 is 0 Å². The normalized spacial score (nSPS) is 18.2. The Bertz CT molecular complexity index is 599. The smallest absolute Gasteiger partial charge is 0.253 e. The van der Waals surface area contributed by atoms with Gasteiger partial charge in [0.15, 0.2) is 0 Å². The molecule has 2 N–H and O–H groups in total. The van der Waals surface area contributed by atoms with Crippen molar-refractivity contribution in [3.05, 3.63) is 34.9 Å². The Morgan fingerprint density at radius 2 is 2.16 bits per heavy atom. The van der Waals surface area contributed by atoms with Gasteiger partial charge in [-0.15, -0.1) is 0 Å². The van der Waals surface area contributed by atoms with E-state index < -0.39 is 6.04 Å². The summed E-state index contributed by atoms with van der Waals surface area (Å²) in [4.78, 5) is 27.3. The van der Waals surface area contributed by atoms with Gasteiger partial charge in [-0.1, -0.05) is 23.7 Å². The molecule has 0 saturated carbocycles. The Morgan fingerprint density at radius 1 is 1.40 bits per heavy atom. The SMILES string of the molecule is CNCC1CCN(C(=O)C(CCSC)NC(=O)c2ccccc2Cl)C1. The summed E-state index contributed by atoms with van der Waals surface area (Å²) < 4.78 is 0. The van der Waals surface area contributed by atoms with E-state index in [-0.39, 0.29) is 11.8 Å². The van der Waals surface area contributed by atoms with Crippen LogP contribution in [0, 0.1) is 5.92 Å². The summed E-state index contributed by atoms with van der Waals surface area (Å²) in [7, 11) is 1.93. The molecular weight excluding hydrogens is 358 g/mol. The predicted molar refractivity (Wildman–Crippen MR) is 104 cm³/mol. The monoisotopic (exact) mass is 383 g/mol. The van der Waals surface area contributed by atoms with Crippen molar-refractivity contribution in [2.45, 2.75) is 18.9 Å². The van der Waals surface area contributed by atoms with Gasteiger partial charge in [-0.05, 0) is 56.5 Å². The first-order chi connectivity index (χ1) is 12.1. The number of carbonyl (C=O) groups excluding carboxylic acids is 2. The molecule has 0 bridgehead atoms. The lowest BCUT2D eigenvalue weighted by Gasteiger charge is -2.24. The molecular formula is C18H26ClN3O2S. The van der Waals surface area contributed by atoms with Gasteiger partial charge in [0.1, 0.15) is 6.04 Å². The van der Waals surface area contributed by atoms with Gasteiger partial charge in [-0.3, -0.25) is 9.59 Å². The maximum atomic E-state index is 12.9. The number of likely N-dealkylation sites (tertiary alicyclic amines) is 1. The average Bonchev–Trinajstić information content (AvgIpc) is 3.07. The summed E-state index contributed by atoms with van der Waals surface area (Å²) >= 11 is 7.77. The highest BCUT2D eigenvalue weighted by Gasteiger charge is 2.31. The Hall–Kier alpha value is -1.24. The van der Waals surface area contributed by atoms with Crippen LogP contribution < -0.4 is 10.6 Å². The zero-order valence-corrected chi connectivity index (χ0v) is 16.3. The molecule has 1 aliphatic heterocycles. The van der Waals surface area contributed by atoms with Crippen LogP contribution in [0.3, 0.4) is 0 Å². The molecule has 1 saturated heterocycles. The van der Waals surface area contributed by atoms with Crippen molar-refractivity contribution >= 4 is 35.2 Å². The third kappa shape index (κ3) is 5.62. The highest BCUT2D eigenvalue weighted by atomic mass is 35.5. The molecule has 1 aliphatic rings. The van der Waals surface area contributed by atoms with Gasteiger partial charge in [-0.25, -0.2) is 0 Å². The number of carbonyl (C=O) groups is 2. The van der Waals surface area contributed by atoms with Crippen LogP contribution in [0.2, 0.25) is 5.02 Å². The largest absolute Gasteiger partial charge is 0.341 e. The predicted octanol–water partition coefficient (Wildman–Crippen LogP) is 2.26. The van der Waals surface area contributed by atoms with Crippen LogP contribution in [0.5, 0.6) is 0 Å². The standard InChI is InChI=1S/C18H26ClN3O2S/c1-20-11-13-7-9-22(12-13)18(24)16(8-10-25-2)21-17(23)14-5-3-4-6-15(14)19/h3-6,13,16,20H,7-12H2,1-2H3,(H,21,23). The van der Waals surface area contributed by atoms with E-state index in [4.69, 9.17) is 11.6 Å². The third-order valence-corrected chi connectivity index (χ3v) is 5.40. The van der Waals surface area contributed by atoms with Gasteiger partial charge in [0.2, 0.25) is 5.91 Å². The molecule has 0 aliphatic carbocycles. The number of hydrogen-bond acceptors (Lipinski definition) is 4. The topological polar surface area (TPSA) is 61.4 Å². The van der Waals surface area contributed by atoms with E-state index in [2.05, 4.69) is 10.6 Å². The van der Waals surface area contributed by atoms with Gasteiger partial charge in [-0.2, -0.15) is 11.8 Å². The van der Waals surface area contributed by atoms with Crippen molar-refractivity contribution in [1.82, 2.24) is 15.5 Å². The number of halogens is 1. The lowest BCUT2D eigenvalue weighted by atomic mass is 10.1. The lowest BCUT2D eigenvalue weighted by molar-refractivity contribution is -0.132. The summed E-state index contributed by atoms with van der Waals surface area (Å²) in [6, 6.07) is 6.39. The highest BCUT2D eigenvalue weighted by Crippen LogP contribution is 2.19. The van der Waals surface area contributed by atoms with Crippen LogP contribution in [-0.4, -0.2) is 61.4 Å². The minimum atomic E-state index is -0.510. The summed E-state index contributed by atoms with van der Waals surface area (Å²) in [5, 5.41) is 6.45. The number of benzene rings is 1. The molecule has 0 radical (unpaired) electrons. The number of amides is 2. The van der Waals surface area contributed by atoms with Gasteiger partial charge >= 0.3 is 0 Å². The molecule has 1 aromatic carbocycles. The second-order valence-electron chi connectivity index (χ2n) is 6.28. The fourth-order valence-electron chi connectivity index (χ4n) is 3.08. The Balaban J connectivity index is 2.04. The van der Waals surface area contributed by atoms with E-state index in [1.54, 1.807) is 36.0 Å². The van der Waals surface area contributed by atoms with Crippen molar-refractivity contribution in [3.63, 3.8) is 0 Å². The zero-order valence-electron chi connectivity index (χ0n) is 14.8. The van der Waals surface area contributed by atoms with Gasteiger partial charge in [0.05, 0.1) is 10.6 Å². The molecule has 2 atom stereocenters. The van der Waals surface area contributed by atoms with Crippen LogP contribution in [0.15, 0.2) is 24.3 Å². The number of rotatable bonds is 8.